The summed E-state index contributed by atoms with van der Waals surface area (Å²) in [5, 5.41) is 0. The molecule has 0 fully saturated rings. The maximum Gasteiger partial charge on any atom is 0.392 e. The molecule has 2 nitrogen and oxygen atoms in total. The first-order chi connectivity index (χ1) is 5.98. The third kappa shape index (κ3) is 2.18. The highest BCUT2D eigenvalue weighted by molar-refractivity contribution is 9.12. The number of halogens is 7. The van der Waals surface area contributed by atoms with Gasteiger partial charge < -0.3 is 4.74 Å². The van der Waals surface area contributed by atoms with Gasteiger partial charge >= 0.3 is 21.3 Å². The summed E-state index contributed by atoms with van der Waals surface area (Å²) in [5.74, 6) is -7.43. The lowest BCUT2D eigenvalue weighted by Gasteiger charge is -2.29. The molecule has 0 aromatic heterocycles. The van der Waals surface area contributed by atoms with Crippen molar-refractivity contribution in [3.8, 4) is 0 Å². The molecule has 0 aromatic rings. The van der Waals surface area contributed by atoms with Crippen molar-refractivity contribution in [2.75, 3.05) is 7.11 Å². The first-order valence-electron chi connectivity index (χ1n) is 2.89. The predicted molar refractivity (Wildman–Crippen MR) is 43.6 cm³/mol. The highest BCUT2D eigenvalue weighted by Gasteiger charge is 2.72. The molecule has 0 amide bonds. The summed E-state index contributed by atoms with van der Waals surface area (Å²) in [6.07, 6.45) is 0. The van der Waals surface area contributed by atoms with Crippen LogP contribution in [0.3, 0.4) is 0 Å². The molecule has 0 heterocycles. The number of esters is 1. The van der Waals surface area contributed by atoms with E-state index in [1.54, 1.807) is 0 Å². The van der Waals surface area contributed by atoms with Crippen molar-refractivity contribution >= 4 is 37.8 Å². The fourth-order valence-electron chi connectivity index (χ4n) is 0.434. The SMILES string of the molecule is COC(=O)C(F)(F)[C@@](F)(Br)C(F)(F)Br. The first-order valence-corrected chi connectivity index (χ1v) is 4.48. The Morgan fingerprint density at radius 3 is 1.71 bits per heavy atom. The molecule has 0 aliphatic carbocycles. The Morgan fingerprint density at radius 2 is 1.50 bits per heavy atom. The maximum atomic E-state index is 12.9. The molecule has 14 heavy (non-hydrogen) atoms. The van der Waals surface area contributed by atoms with Gasteiger partial charge in [-0.25, -0.2) is 9.18 Å². The van der Waals surface area contributed by atoms with Crippen molar-refractivity contribution in [2.45, 2.75) is 15.3 Å². The van der Waals surface area contributed by atoms with E-state index in [2.05, 4.69) is 4.74 Å². The fraction of sp³-hybridized carbons (Fsp3) is 0.800. The second-order valence-electron chi connectivity index (χ2n) is 2.14. The van der Waals surface area contributed by atoms with E-state index in [-0.39, 0.29) is 0 Å². The molecule has 0 saturated carbocycles. The van der Waals surface area contributed by atoms with E-state index in [0.717, 1.165) is 0 Å². The number of ether oxygens (including phenoxy) is 1. The lowest BCUT2D eigenvalue weighted by atomic mass is 10.2. The molecule has 0 saturated heterocycles. The van der Waals surface area contributed by atoms with E-state index in [0.29, 0.717) is 7.11 Å². The van der Waals surface area contributed by atoms with Crippen LogP contribution in [0, 0.1) is 0 Å². The lowest BCUT2D eigenvalue weighted by molar-refractivity contribution is -0.198. The predicted octanol–water partition coefficient (Wildman–Crippen LogP) is 2.84. The van der Waals surface area contributed by atoms with Crippen LogP contribution in [0.5, 0.6) is 0 Å². The van der Waals surface area contributed by atoms with Crippen LogP contribution in [0.15, 0.2) is 0 Å². The Kier molecular flexibility index (Phi) is 3.94. The molecule has 0 spiro atoms. The Morgan fingerprint density at radius 1 is 1.14 bits per heavy atom. The van der Waals surface area contributed by atoms with E-state index in [4.69, 9.17) is 0 Å². The van der Waals surface area contributed by atoms with Crippen LogP contribution < -0.4 is 0 Å². The molecule has 0 aliphatic heterocycles. The zero-order valence-electron chi connectivity index (χ0n) is 6.46. The zero-order valence-corrected chi connectivity index (χ0v) is 9.63. The molecule has 0 bridgehead atoms. The lowest BCUT2D eigenvalue weighted by Crippen LogP contribution is -2.54. The summed E-state index contributed by atoms with van der Waals surface area (Å²) in [7, 11) is 0.520. The largest absolute Gasteiger partial charge is 0.464 e. The molecule has 0 rings (SSSR count). The minimum atomic E-state index is -5.02. The smallest absolute Gasteiger partial charge is 0.392 e. The third-order valence-electron chi connectivity index (χ3n) is 1.19. The van der Waals surface area contributed by atoms with Crippen molar-refractivity contribution in [1.82, 2.24) is 0 Å². The number of alkyl halides is 7. The van der Waals surface area contributed by atoms with Crippen molar-refractivity contribution in [1.29, 1.82) is 0 Å². The molecule has 0 aliphatic rings. The minimum Gasteiger partial charge on any atom is -0.464 e. The maximum absolute atomic E-state index is 12.9. The number of methoxy groups -OCH3 is 1. The molecule has 0 unspecified atom stereocenters. The normalized spacial score (nSPS) is 17.4. The van der Waals surface area contributed by atoms with Gasteiger partial charge in [-0.3, -0.25) is 0 Å². The first kappa shape index (κ1) is 14.1. The Bertz CT molecular complexity index is 237. The standard InChI is InChI=1S/C5H3Br2F5O2/c1-14-2(13)3(8,9)4(6,10)5(7,11)12/h1H3/t4-/m0/s1. The molecular formula is C5H3Br2F5O2. The summed E-state index contributed by atoms with van der Waals surface area (Å²) in [6.45, 7) is 0. The Labute approximate surface area is 92.0 Å². The molecule has 9 heteroatoms. The van der Waals surface area contributed by atoms with E-state index in [1.807, 2.05) is 0 Å². The summed E-state index contributed by atoms with van der Waals surface area (Å²) in [6, 6.07) is 0. The van der Waals surface area contributed by atoms with Gasteiger partial charge in [-0.05, 0) is 31.9 Å². The van der Waals surface area contributed by atoms with Crippen LogP contribution >= 0.6 is 31.9 Å². The second kappa shape index (κ2) is 3.92. The van der Waals surface area contributed by atoms with Gasteiger partial charge in [-0.1, -0.05) is 0 Å². The number of hydrogen-bond donors (Lipinski definition) is 0. The van der Waals surface area contributed by atoms with Gasteiger partial charge in [0.25, 0.3) is 0 Å². The van der Waals surface area contributed by atoms with Gasteiger partial charge in [0.1, 0.15) is 0 Å². The van der Waals surface area contributed by atoms with Gasteiger partial charge in [0.2, 0.25) is 0 Å². The molecule has 0 aromatic carbocycles. The molecule has 0 radical (unpaired) electrons. The van der Waals surface area contributed by atoms with Crippen LogP contribution in [0.2, 0.25) is 0 Å². The number of hydrogen-bond acceptors (Lipinski definition) is 2. The van der Waals surface area contributed by atoms with Crippen molar-refractivity contribution in [2.24, 2.45) is 0 Å². The summed E-state index contributed by atoms with van der Waals surface area (Å²) < 4.78 is 61.8. The van der Waals surface area contributed by atoms with Crippen LogP contribution in [-0.2, 0) is 9.53 Å². The highest BCUT2D eigenvalue weighted by atomic mass is 79.9. The highest BCUT2D eigenvalue weighted by Crippen LogP contribution is 2.52. The zero-order chi connectivity index (χ0) is 11.8. The topological polar surface area (TPSA) is 26.3 Å². The minimum absolute atomic E-state index is 0.520. The number of carbonyl (C=O) groups is 1. The van der Waals surface area contributed by atoms with Crippen LogP contribution in [0.4, 0.5) is 22.0 Å². The van der Waals surface area contributed by atoms with E-state index < -0.39 is 21.3 Å². The Balaban J connectivity index is 5.18. The van der Waals surface area contributed by atoms with Crippen molar-refractivity contribution in [3.05, 3.63) is 0 Å². The van der Waals surface area contributed by atoms with E-state index >= 15 is 0 Å². The Hall–Kier alpha value is 0.0800. The summed E-state index contributed by atoms with van der Waals surface area (Å²) >= 11 is 2.84. The molecular weight excluding hydrogens is 347 g/mol. The number of carbonyl (C=O) groups excluding carboxylic acids is 1. The van der Waals surface area contributed by atoms with Gasteiger partial charge in [0.05, 0.1) is 7.11 Å². The van der Waals surface area contributed by atoms with Crippen molar-refractivity contribution < 1.29 is 31.5 Å². The average Bonchev–Trinajstić information content (AvgIpc) is 2.00. The van der Waals surface area contributed by atoms with E-state index in [1.165, 1.54) is 31.9 Å². The van der Waals surface area contributed by atoms with Gasteiger partial charge in [-0.15, -0.1) is 0 Å². The third-order valence-corrected chi connectivity index (χ3v) is 3.27. The van der Waals surface area contributed by atoms with Crippen LogP contribution in [-0.4, -0.2) is 28.4 Å². The van der Waals surface area contributed by atoms with E-state index in [9.17, 15) is 26.7 Å². The summed E-state index contributed by atoms with van der Waals surface area (Å²) in [5.41, 5.74) is 0. The summed E-state index contributed by atoms with van der Waals surface area (Å²) in [4.78, 5) is 5.70. The van der Waals surface area contributed by atoms with Crippen LogP contribution in [0.25, 0.3) is 0 Å². The second-order valence-corrected chi connectivity index (χ2v) is 4.23. The fourth-order valence-corrected chi connectivity index (χ4v) is 0.845. The molecule has 0 N–H and O–H groups in total. The average molecular weight is 350 g/mol. The quantitative estimate of drug-likeness (QED) is 0.445. The number of rotatable bonds is 3. The van der Waals surface area contributed by atoms with Crippen LogP contribution in [0.1, 0.15) is 0 Å². The van der Waals surface area contributed by atoms with Gasteiger partial charge in [-0.2, -0.15) is 17.6 Å². The molecule has 1 atom stereocenters. The van der Waals surface area contributed by atoms with Gasteiger partial charge in [0, 0.05) is 0 Å². The molecule has 84 valence electrons. The monoisotopic (exact) mass is 348 g/mol. The van der Waals surface area contributed by atoms with Gasteiger partial charge in [0.15, 0.2) is 0 Å². The van der Waals surface area contributed by atoms with Crippen molar-refractivity contribution in [3.63, 3.8) is 0 Å².